The van der Waals surface area contributed by atoms with Crippen molar-refractivity contribution in [1.29, 1.82) is 0 Å². The highest BCUT2D eigenvalue weighted by Gasteiger charge is 2.28. The van der Waals surface area contributed by atoms with Gasteiger partial charge in [0.25, 0.3) is 0 Å². The van der Waals surface area contributed by atoms with E-state index in [0.29, 0.717) is 23.2 Å². The number of fused-ring (bicyclic) bond motifs is 1. The van der Waals surface area contributed by atoms with Gasteiger partial charge in [0.05, 0.1) is 4.90 Å². The van der Waals surface area contributed by atoms with Crippen LogP contribution in [0.5, 0.6) is 0 Å². The highest BCUT2D eigenvalue weighted by atomic mass is 79.9. The molecule has 0 aliphatic carbocycles. The number of nitrogen functional groups attached to an aromatic ring is 1. The summed E-state index contributed by atoms with van der Waals surface area (Å²) in [5.41, 5.74) is 8.51. The molecule has 3 rings (SSSR count). The van der Waals surface area contributed by atoms with Gasteiger partial charge < -0.3 is 5.73 Å². The molecule has 0 unspecified atom stereocenters. The molecule has 1 heterocycles. The summed E-state index contributed by atoms with van der Waals surface area (Å²) in [6.45, 7) is 0.907. The van der Waals surface area contributed by atoms with Crippen molar-refractivity contribution in [3.05, 3.63) is 58.1 Å². The van der Waals surface area contributed by atoms with Crippen LogP contribution in [0.15, 0.2) is 51.8 Å². The number of rotatable bonds is 2. The highest BCUT2D eigenvalue weighted by molar-refractivity contribution is 9.10. The second-order valence-electron chi connectivity index (χ2n) is 5.04. The average Bonchev–Trinajstić information content (AvgIpc) is 2.49. The minimum atomic E-state index is -3.51. The van der Waals surface area contributed by atoms with Crippen molar-refractivity contribution in [2.45, 2.75) is 17.9 Å². The number of nitrogens with zero attached hydrogens (tertiary/aromatic N) is 1. The molecule has 0 saturated heterocycles. The zero-order chi connectivity index (χ0) is 15.0. The zero-order valence-corrected chi connectivity index (χ0v) is 13.7. The predicted octanol–water partition coefficient (Wildman–Crippen LogP) is 2.78. The van der Waals surface area contributed by atoms with Crippen LogP contribution in [0.1, 0.15) is 11.1 Å². The van der Waals surface area contributed by atoms with E-state index in [1.54, 1.807) is 12.1 Å². The van der Waals surface area contributed by atoms with Crippen LogP contribution in [0.25, 0.3) is 0 Å². The molecule has 4 nitrogen and oxygen atoms in total. The molecule has 0 amide bonds. The van der Waals surface area contributed by atoms with E-state index in [4.69, 9.17) is 5.73 Å². The molecular weight excluding hydrogens is 352 g/mol. The highest BCUT2D eigenvalue weighted by Crippen LogP contribution is 2.28. The second-order valence-corrected chi connectivity index (χ2v) is 7.83. The van der Waals surface area contributed by atoms with Crippen LogP contribution in [-0.2, 0) is 23.0 Å². The summed E-state index contributed by atoms with van der Waals surface area (Å²) in [7, 11) is -3.51. The number of hydrogen-bond acceptors (Lipinski definition) is 3. The van der Waals surface area contributed by atoms with Gasteiger partial charge in [-0.2, -0.15) is 4.31 Å². The summed E-state index contributed by atoms with van der Waals surface area (Å²) < 4.78 is 27.6. The van der Waals surface area contributed by atoms with E-state index in [2.05, 4.69) is 22.0 Å². The van der Waals surface area contributed by atoms with Crippen molar-refractivity contribution in [1.82, 2.24) is 4.31 Å². The molecule has 0 atom stereocenters. The summed E-state index contributed by atoms with van der Waals surface area (Å²) in [5.74, 6) is 0. The lowest BCUT2D eigenvalue weighted by molar-refractivity contribution is 0.391. The third-order valence-corrected chi connectivity index (χ3v) is 6.26. The third kappa shape index (κ3) is 2.71. The van der Waals surface area contributed by atoms with E-state index in [0.717, 1.165) is 12.0 Å². The number of sulfonamides is 1. The largest absolute Gasteiger partial charge is 0.398 e. The van der Waals surface area contributed by atoms with E-state index in [-0.39, 0.29) is 4.90 Å². The number of anilines is 1. The molecule has 0 fully saturated rings. The van der Waals surface area contributed by atoms with Crippen LogP contribution < -0.4 is 5.73 Å². The van der Waals surface area contributed by atoms with Gasteiger partial charge in [-0.15, -0.1) is 0 Å². The fourth-order valence-electron chi connectivity index (χ4n) is 2.51. The van der Waals surface area contributed by atoms with Gasteiger partial charge in [-0.1, -0.05) is 24.3 Å². The predicted molar refractivity (Wildman–Crippen MR) is 86.3 cm³/mol. The normalized spacial score (nSPS) is 15.7. The Labute approximate surface area is 132 Å². The smallest absolute Gasteiger partial charge is 0.243 e. The van der Waals surface area contributed by atoms with Crippen LogP contribution in [0, 0.1) is 0 Å². The van der Waals surface area contributed by atoms with Gasteiger partial charge in [-0.3, -0.25) is 0 Å². The Balaban J connectivity index is 1.95. The fourth-order valence-corrected chi connectivity index (χ4v) is 4.21. The molecule has 21 heavy (non-hydrogen) atoms. The van der Waals surface area contributed by atoms with E-state index in [1.807, 2.05) is 18.2 Å². The Morgan fingerprint density at radius 1 is 1.10 bits per heavy atom. The first-order valence-corrected chi connectivity index (χ1v) is 8.84. The first-order valence-electron chi connectivity index (χ1n) is 6.60. The quantitative estimate of drug-likeness (QED) is 0.831. The summed E-state index contributed by atoms with van der Waals surface area (Å²) >= 11 is 3.28. The van der Waals surface area contributed by atoms with Crippen molar-refractivity contribution in [3.63, 3.8) is 0 Å². The van der Waals surface area contributed by atoms with Crippen LogP contribution in [-0.4, -0.2) is 19.3 Å². The second kappa shape index (κ2) is 5.44. The molecular formula is C15H15BrN2O2S. The first kappa shape index (κ1) is 14.6. The van der Waals surface area contributed by atoms with E-state index >= 15 is 0 Å². The topological polar surface area (TPSA) is 63.4 Å². The SMILES string of the molecule is Nc1cc(S(=O)(=O)N2CCc3ccccc3C2)ccc1Br. The van der Waals surface area contributed by atoms with Crippen molar-refractivity contribution in [3.8, 4) is 0 Å². The van der Waals surface area contributed by atoms with Gasteiger partial charge in [0.1, 0.15) is 0 Å². The van der Waals surface area contributed by atoms with Crippen molar-refractivity contribution in [2.75, 3.05) is 12.3 Å². The molecule has 0 radical (unpaired) electrons. The standard InChI is InChI=1S/C15H15BrN2O2S/c16-14-6-5-13(9-15(14)17)21(19,20)18-8-7-11-3-1-2-4-12(11)10-18/h1-6,9H,7-8,10,17H2. The maximum absolute atomic E-state index is 12.7. The summed E-state index contributed by atoms with van der Waals surface area (Å²) in [5, 5.41) is 0. The molecule has 1 aliphatic rings. The number of nitrogens with two attached hydrogens (primary N) is 1. The Hall–Kier alpha value is -1.37. The molecule has 0 spiro atoms. The zero-order valence-electron chi connectivity index (χ0n) is 11.3. The van der Waals surface area contributed by atoms with Gasteiger partial charge in [0.15, 0.2) is 0 Å². The molecule has 2 aromatic rings. The van der Waals surface area contributed by atoms with Crippen LogP contribution in [0.3, 0.4) is 0 Å². The molecule has 0 bridgehead atoms. The molecule has 2 aromatic carbocycles. The third-order valence-electron chi connectivity index (χ3n) is 3.70. The van der Waals surface area contributed by atoms with Crippen LogP contribution in [0.2, 0.25) is 0 Å². The molecule has 110 valence electrons. The average molecular weight is 367 g/mol. The summed E-state index contributed by atoms with van der Waals surface area (Å²) in [4.78, 5) is 0.239. The summed E-state index contributed by atoms with van der Waals surface area (Å²) in [6.07, 6.45) is 0.738. The summed E-state index contributed by atoms with van der Waals surface area (Å²) in [6, 6.07) is 12.7. The van der Waals surface area contributed by atoms with Crippen molar-refractivity contribution >= 4 is 31.6 Å². The number of halogens is 1. The van der Waals surface area contributed by atoms with Crippen LogP contribution >= 0.6 is 15.9 Å². The van der Waals surface area contributed by atoms with Gasteiger partial charge in [0, 0.05) is 23.2 Å². The van der Waals surface area contributed by atoms with Crippen molar-refractivity contribution < 1.29 is 8.42 Å². The lowest BCUT2D eigenvalue weighted by Crippen LogP contribution is -2.35. The maximum atomic E-state index is 12.7. The van der Waals surface area contributed by atoms with Crippen molar-refractivity contribution in [2.24, 2.45) is 0 Å². The van der Waals surface area contributed by atoms with Gasteiger partial charge in [0.2, 0.25) is 10.0 Å². The van der Waals surface area contributed by atoms with Crippen LogP contribution in [0.4, 0.5) is 5.69 Å². The molecule has 0 saturated carbocycles. The number of benzene rings is 2. The lowest BCUT2D eigenvalue weighted by Gasteiger charge is -2.28. The Bertz CT molecular complexity index is 790. The monoisotopic (exact) mass is 366 g/mol. The first-order chi connectivity index (χ1) is 9.98. The Kier molecular flexibility index (Phi) is 3.77. The fraction of sp³-hybridized carbons (Fsp3) is 0.200. The minimum absolute atomic E-state index is 0.239. The molecule has 2 N–H and O–H groups in total. The van der Waals surface area contributed by atoms with Gasteiger partial charge in [-0.05, 0) is 51.7 Å². The van der Waals surface area contributed by atoms with E-state index in [9.17, 15) is 8.42 Å². The van der Waals surface area contributed by atoms with E-state index < -0.39 is 10.0 Å². The minimum Gasteiger partial charge on any atom is -0.398 e. The molecule has 0 aromatic heterocycles. The van der Waals surface area contributed by atoms with E-state index in [1.165, 1.54) is 15.9 Å². The number of hydrogen-bond donors (Lipinski definition) is 1. The van der Waals surface area contributed by atoms with Gasteiger partial charge in [-0.25, -0.2) is 8.42 Å². The molecule has 1 aliphatic heterocycles. The van der Waals surface area contributed by atoms with Gasteiger partial charge >= 0.3 is 0 Å². The molecule has 6 heteroatoms. The lowest BCUT2D eigenvalue weighted by atomic mass is 10.0. The Morgan fingerprint density at radius 2 is 1.81 bits per heavy atom. The Morgan fingerprint density at radius 3 is 2.52 bits per heavy atom. The maximum Gasteiger partial charge on any atom is 0.243 e.